The zero-order valence-corrected chi connectivity index (χ0v) is 20.9. The molecule has 0 aromatic heterocycles. The standard InChI is InChI=1S/C24H28BrN3O4S/c1-31-12-13-32-21-11-10-17(15-20(21)25)23(30)28-24(33)27-19-9-5-6-16(14-19)22(29)26-18-7-3-2-4-8-18/h5-6,9-11,14-15,18H,2-4,7-8,12-13H2,1H3,(H,26,29)(H2,27,28,30,33). The Labute approximate surface area is 207 Å². The number of benzene rings is 2. The number of rotatable bonds is 8. The van der Waals surface area contributed by atoms with E-state index in [9.17, 15) is 9.59 Å². The maximum Gasteiger partial charge on any atom is 0.257 e. The van der Waals surface area contributed by atoms with Gasteiger partial charge in [0.2, 0.25) is 0 Å². The Kier molecular flexibility index (Phi) is 9.65. The number of methoxy groups -OCH3 is 1. The van der Waals surface area contributed by atoms with Crippen molar-refractivity contribution in [2.45, 2.75) is 38.1 Å². The molecule has 3 N–H and O–H groups in total. The minimum absolute atomic E-state index is 0.0989. The molecule has 9 heteroatoms. The molecule has 0 atom stereocenters. The minimum Gasteiger partial charge on any atom is -0.490 e. The summed E-state index contributed by atoms with van der Waals surface area (Å²) in [6.07, 6.45) is 5.59. The van der Waals surface area contributed by atoms with Crippen molar-refractivity contribution in [3.05, 3.63) is 58.1 Å². The van der Waals surface area contributed by atoms with Crippen LogP contribution >= 0.6 is 28.1 Å². The van der Waals surface area contributed by atoms with E-state index in [1.54, 1.807) is 49.6 Å². The van der Waals surface area contributed by atoms with Gasteiger partial charge < -0.3 is 20.1 Å². The van der Waals surface area contributed by atoms with Gasteiger partial charge in [-0.1, -0.05) is 25.3 Å². The maximum atomic E-state index is 12.6. The lowest BCUT2D eigenvalue weighted by Crippen LogP contribution is -2.36. The third-order valence-electron chi connectivity index (χ3n) is 5.29. The average Bonchev–Trinajstić information content (AvgIpc) is 2.81. The van der Waals surface area contributed by atoms with Crippen LogP contribution in [0.4, 0.5) is 5.69 Å². The molecular formula is C24H28BrN3O4S. The lowest BCUT2D eigenvalue weighted by Gasteiger charge is -2.22. The summed E-state index contributed by atoms with van der Waals surface area (Å²) in [5.74, 6) is 0.161. The largest absolute Gasteiger partial charge is 0.490 e. The normalized spacial score (nSPS) is 13.8. The lowest BCUT2D eigenvalue weighted by molar-refractivity contribution is 0.0926. The van der Waals surface area contributed by atoms with Crippen LogP contribution in [0.25, 0.3) is 0 Å². The predicted octanol–water partition coefficient (Wildman–Crippen LogP) is 4.66. The number of anilines is 1. The molecule has 2 amide bonds. The number of carbonyl (C=O) groups excluding carboxylic acids is 2. The van der Waals surface area contributed by atoms with Crippen LogP contribution in [0.1, 0.15) is 52.8 Å². The van der Waals surface area contributed by atoms with E-state index in [1.807, 2.05) is 0 Å². The van der Waals surface area contributed by atoms with Crippen LogP contribution < -0.4 is 20.7 Å². The van der Waals surface area contributed by atoms with Gasteiger partial charge in [0.15, 0.2) is 5.11 Å². The first-order valence-corrected chi connectivity index (χ1v) is 12.1. The number of thiocarbonyl (C=S) groups is 1. The predicted molar refractivity (Wildman–Crippen MR) is 136 cm³/mol. The lowest BCUT2D eigenvalue weighted by atomic mass is 9.95. The molecule has 0 spiro atoms. The van der Waals surface area contributed by atoms with Gasteiger partial charge in [-0.3, -0.25) is 14.9 Å². The van der Waals surface area contributed by atoms with Crippen molar-refractivity contribution in [3.8, 4) is 5.75 Å². The van der Waals surface area contributed by atoms with Crippen LogP contribution in [0.2, 0.25) is 0 Å². The van der Waals surface area contributed by atoms with Crippen LogP contribution in [-0.2, 0) is 4.74 Å². The van der Waals surface area contributed by atoms with Crippen LogP contribution in [0.15, 0.2) is 46.9 Å². The Bertz CT molecular complexity index is 995. The van der Waals surface area contributed by atoms with Crippen LogP contribution in [0, 0.1) is 0 Å². The molecule has 1 saturated carbocycles. The first-order valence-electron chi connectivity index (χ1n) is 10.9. The molecule has 0 bridgehead atoms. The number of hydrogen-bond acceptors (Lipinski definition) is 5. The Balaban J connectivity index is 1.54. The van der Waals surface area contributed by atoms with Gasteiger partial charge in [0, 0.05) is 30.0 Å². The molecule has 0 unspecified atom stereocenters. The number of halogens is 1. The van der Waals surface area contributed by atoms with Gasteiger partial charge in [0.05, 0.1) is 11.1 Å². The summed E-state index contributed by atoms with van der Waals surface area (Å²) in [6, 6.07) is 12.3. The highest BCUT2D eigenvalue weighted by molar-refractivity contribution is 9.10. The fourth-order valence-electron chi connectivity index (χ4n) is 3.59. The van der Waals surface area contributed by atoms with Gasteiger partial charge in [-0.05, 0) is 77.4 Å². The highest BCUT2D eigenvalue weighted by Gasteiger charge is 2.17. The fourth-order valence-corrected chi connectivity index (χ4v) is 4.29. The van der Waals surface area contributed by atoms with Crippen molar-refractivity contribution in [2.24, 2.45) is 0 Å². The van der Waals surface area contributed by atoms with Gasteiger partial charge in [-0.2, -0.15) is 0 Å². The Morgan fingerprint density at radius 2 is 1.79 bits per heavy atom. The molecule has 0 radical (unpaired) electrons. The van der Waals surface area contributed by atoms with Crippen molar-refractivity contribution in [2.75, 3.05) is 25.6 Å². The summed E-state index contributed by atoms with van der Waals surface area (Å²) < 4.78 is 11.2. The smallest absolute Gasteiger partial charge is 0.257 e. The van der Waals surface area contributed by atoms with Crippen molar-refractivity contribution < 1.29 is 19.1 Å². The number of amides is 2. The molecule has 2 aromatic carbocycles. The molecular weight excluding hydrogens is 506 g/mol. The van der Waals surface area contributed by atoms with E-state index in [2.05, 4.69) is 31.9 Å². The number of nitrogens with one attached hydrogen (secondary N) is 3. The van der Waals surface area contributed by atoms with Crippen molar-refractivity contribution in [3.63, 3.8) is 0 Å². The van der Waals surface area contributed by atoms with Crippen LogP contribution in [0.5, 0.6) is 5.75 Å². The Morgan fingerprint density at radius 1 is 1.03 bits per heavy atom. The molecule has 3 rings (SSSR count). The molecule has 0 heterocycles. The Morgan fingerprint density at radius 3 is 2.52 bits per heavy atom. The second-order valence-electron chi connectivity index (χ2n) is 7.78. The van der Waals surface area contributed by atoms with Gasteiger partial charge >= 0.3 is 0 Å². The molecule has 33 heavy (non-hydrogen) atoms. The van der Waals surface area contributed by atoms with E-state index in [1.165, 1.54) is 6.42 Å². The van der Waals surface area contributed by atoms with E-state index in [4.69, 9.17) is 21.7 Å². The van der Waals surface area contributed by atoms with Gasteiger partial charge in [0.25, 0.3) is 11.8 Å². The second-order valence-corrected chi connectivity index (χ2v) is 9.05. The molecule has 2 aromatic rings. The van der Waals surface area contributed by atoms with Crippen LogP contribution in [-0.4, -0.2) is 43.3 Å². The highest BCUT2D eigenvalue weighted by Crippen LogP contribution is 2.26. The number of hydrogen-bond donors (Lipinski definition) is 3. The van der Waals surface area contributed by atoms with Crippen molar-refractivity contribution in [1.29, 1.82) is 0 Å². The monoisotopic (exact) mass is 533 g/mol. The summed E-state index contributed by atoms with van der Waals surface area (Å²) in [5, 5.41) is 8.87. The SMILES string of the molecule is COCCOc1ccc(C(=O)NC(=S)Nc2cccc(C(=O)NC3CCCCC3)c2)cc1Br. The Hall–Kier alpha value is -2.49. The van der Waals surface area contributed by atoms with E-state index in [0.717, 1.165) is 25.7 Å². The maximum absolute atomic E-state index is 12.6. The molecule has 1 aliphatic rings. The molecule has 1 fully saturated rings. The van der Waals surface area contributed by atoms with E-state index < -0.39 is 0 Å². The molecule has 0 saturated heterocycles. The van der Waals surface area contributed by atoms with Crippen molar-refractivity contribution >= 4 is 50.8 Å². The first kappa shape index (κ1) is 25.1. The van der Waals surface area contributed by atoms with Gasteiger partial charge in [-0.15, -0.1) is 0 Å². The summed E-state index contributed by atoms with van der Waals surface area (Å²) in [4.78, 5) is 25.2. The average molecular weight is 534 g/mol. The quantitative estimate of drug-likeness (QED) is 0.337. The second kappa shape index (κ2) is 12.7. The molecule has 176 valence electrons. The van der Waals surface area contributed by atoms with E-state index in [-0.39, 0.29) is 23.0 Å². The van der Waals surface area contributed by atoms with Gasteiger partial charge in [-0.25, -0.2) is 0 Å². The van der Waals surface area contributed by atoms with Crippen LogP contribution in [0.3, 0.4) is 0 Å². The summed E-state index contributed by atoms with van der Waals surface area (Å²) in [6.45, 7) is 0.879. The molecule has 7 nitrogen and oxygen atoms in total. The fraction of sp³-hybridized carbons (Fsp3) is 0.375. The molecule has 1 aliphatic carbocycles. The third-order valence-corrected chi connectivity index (χ3v) is 6.11. The number of carbonyl (C=O) groups is 2. The zero-order valence-electron chi connectivity index (χ0n) is 18.5. The third kappa shape index (κ3) is 7.80. The number of ether oxygens (including phenoxy) is 2. The summed E-state index contributed by atoms with van der Waals surface area (Å²) >= 11 is 8.70. The summed E-state index contributed by atoms with van der Waals surface area (Å²) in [5.41, 5.74) is 1.60. The van der Waals surface area contributed by atoms with Gasteiger partial charge in [0.1, 0.15) is 12.4 Å². The molecule has 0 aliphatic heterocycles. The highest BCUT2D eigenvalue weighted by atomic mass is 79.9. The van der Waals surface area contributed by atoms with E-state index in [0.29, 0.717) is 40.3 Å². The first-order chi connectivity index (χ1) is 16.0. The zero-order chi connectivity index (χ0) is 23.6. The minimum atomic E-state index is -0.358. The summed E-state index contributed by atoms with van der Waals surface area (Å²) in [7, 11) is 1.60. The topological polar surface area (TPSA) is 88.7 Å². The van der Waals surface area contributed by atoms with E-state index >= 15 is 0 Å². The van der Waals surface area contributed by atoms with Crippen molar-refractivity contribution in [1.82, 2.24) is 10.6 Å².